The third-order valence-electron chi connectivity index (χ3n) is 4.24. The van der Waals surface area contributed by atoms with E-state index in [1.807, 2.05) is 33.5 Å². The Hall–Kier alpha value is -2.27. The highest BCUT2D eigenvalue weighted by molar-refractivity contribution is 7.17. The van der Waals surface area contributed by atoms with Gasteiger partial charge in [0.05, 0.1) is 13.7 Å². The summed E-state index contributed by atoms with van der Waals surface area (Å²) in [5, 5.41) is 3.87. The van der Waals surface area contributed by atoms with E-state index in [1.165, 1.54) is 17.2 Å². The average Bonchev–Trinajstić information content (AvgIpc) is 2.98. The van der Waals surface area contributed by atoms with Crippen LogP contribution in [-0.2, 0) is 11.3 Å². The Morgan fingerprint density at radius 2 is 2.04 bits per heavy atom. The summed E-state index contributed by atoms with van der Waals surface area (Å²) in [6.07, 6.45) is 1.74. The average molecular weight is 363 g/mol. The lowest BCUT2D eigenvalue weighted by atomic mass is 9.98. The molecule has 0 bridgehead atoms. The maximum absolute atomic E-state index is 13.2. The molecule has 0 aliphatic carbocycles. The number of ether oxygens (including phenoxy) is 1. The quantitative estimate of drug-likeness (QED) is 0.762. The molecule has 2 unspecified atom stereocenters. The highest BCUT2D eigenvalue weighted by atomic mass is 31.0. The van der Waals surface area contributed by atoms with Gasteiger partial charge in [0, 0.05) is 25.1 Å². The second kappa shape index (κ2) is 7.31. The molecular formula is C17H19FN3O3P. The van der Waals surface area contributed by atoms with Gasteiger partial charge in [-0.2, -0.15) is 5.10 Å². The van der Waals surface area contributed by atoms with Gasteiger partial charge in [-0.1, -0.05) is 21.4 Å². The lowest BCUT2D eigenvalue weighted by Gasteiger charge is -2.17. The molecule has 25 heavy (non-hydrogen) atoms. The van der Waals surface area contributed by atoms with E-state index in [2.05, 4.69) is 5.10 Å². The van der Waals surface area contributed by atoms with Gasteiger partial charge in [-0.05, 0) is 23.8 Å². The van der Waals surface area contributed by atoms with Gasteiger partial charge >= 0.3 is 0 Å². The molecule has 1 aromatic heterocycles. The van der Waals surface area contributed by atoms with Crippen molar-refractivity contribution in [3.8, 4) is 5.75 Å². The number of benzene rings is 1. The number of halogens is 1. The zero-order chi connectivity index (χ0) is 18.0. The second-order valence-corrected chi connectivity index (χ2v) is 6.62. The Labute approximate surface area is 146 Å². The van der Waals surface area contributed by atoms with Crippen molar-refractivity contribution in [3.63, 3.8) is 0 Å². The number of rotatable bonds is 5. The van der Waals surface area contributed by atoms with E-state index in [0.29, 0.717) is 13.0 Å². The van der Waals surface area contributed by atoms with E-state index in [-0.39, 0.29) is 24.1 Å². The summed E-state index contributed by atoms with van der Waals surface area (Å²) in [5.74, 6) is -0.657. The molecule has 1 aliphatic rings. The molecule has 1 aliphatic heterocycles. The summed E-state index contributed by atoms with van der Waals surface area (Å²) >= 11 is 0. The number of aromatic nitrogens is 2. The number of hydrogen-bond acceptors (Lipinski definition) is 4. The molecule has 1 aromatic carbocycles. The van der Waals surface area contributed by atoms with Crippen LogP contribution in [-0.4, -0.2) is 35.3 Å². The molecule has 0 radical (unpaired) electrons. The Bertz CT molecular complexity index is 823. The van der Waals surface area contributed by atoms with E-state index in [4.69, 9.17) is 4.74 Å². The van der Waals surface area contributed by atoms with Gasteiger partial charge in [0.25, 0.3) is 5.56 Å². The number of alkyl halides is 1. The number of amides is 1. The molecule has 2 aromatic rings. The summed E-state index contributed by atoms with van der Waals surface area (Å²) in [4.78, 5) is 26.4. The van der Waals surface area contributed by atoms with Crippen molar-refractivity contribution < 1.29 is 13.9 Å². The molecule has 1 saturated heterocycles. The Kier molecular flexibility index (Phi) is 5.13. The van der Waals surface area contributed by atoms with Crippen molar-refractivity contribution in [2.45, 2.75) is 24.8 Å². The van der Waals surface area contributed by atoms with Crippen LogP contribution in [0.3, 0.4) is 0 Å². The fourth-order valence-electron chi connectivity index (χ4n) is 2.98. The minimum atomic E-state index is -1.28. The highest BCUT2D eigenvalue weighted by Crippen LogP contribution is 2.31. The smallest absolute Gasteiger partial charge is 0.290 e. The van der Waals surface area contributed by atoms with E-state index < -0.39 is 11.5 Å². The molecular weight excluding hydrogens is 344 g/mol. The molecule has 8 heteroatoms. The van der Waals surface area contributed by atoms with Crippen molar-refractivity contribution in [2.24, 2.45) is 0 Å². The van der Waals surface area contributed by atoms with Crippen LogP contribution in [0.4, 0.5) is 10.1 Å². The fraction of sp³-hybridized carbons (Fsp3) is 0.353. The number of nitrogens with zero attached hydrogens (tertiary/aromatic N) is 3. The Morgan fingerprint density at radius 3 is 2.68 bits per heavy atom. The van der Waals surface area contributed by atoms with Crippen LogP contribution < -0.4 is 15.2 Å². The normalized spacial score (nSPS) is 18.4. The summed E-state index contributed by atoms with van der Waals surface area (Å²) in [6.45, 7) is 0.242. The zero-order valence-electron chi connectivity index (χ0n) is 13.8. The van der Waals surface area contributed by atoms with Crippen molar-refractivity contribution in [1.29, 1.82) is 0 Å². The van der Waals surface area contributed by atoms with Gasteiger partial charge in [-0.3, -0.25) is 9.59 Å². The predicted octanol–water partition coefficient (Wildman–Crippen LogP) is 1.94. The Balaban J connectivity index is 1.84. The van der Waals surface area contributed by atoms with Crippen molar-refractivity contribution in [3.05, 3.63) is 52.4 Å². The third kappa shape index (κ3) is 3.71. The molecule has 1 fully saturated rings. The first-order valence-electron chi connectivity index (χ1n) is 7.89. The first-order chi connectivity index (χ1) is 12.0. The topological polar surface area (TPSA) is 64.4 Å². The number of hydrogen-bond donors (Lipinski definition) is 0. The first-order valence-corrected chi connectivity index (χ1v) is 8.56. The Morgan fingerprint density at radius 1 is 1.32 bits per heavy atom. The molecule has 0 spiro atoms. The monoisotopic (exact) mass is 363 g/mol. The minimum absolute atomic E-state index is 0.00456. The van der Waals surface area contributed by atoms with E-state index in [0.717, 1.165) is 16.0 Å². The minimum Gasteiger partial charge on any atom is -0.497 e. The summed E-state index contributed by atoms with van der Waals surface area (Å²) in [6, 6.07) is 9.05. The van der Waals surface area contributed by atoms with Crippen molar-refractivity contribution in [1.82, 2.24) is 9.78 Å². The molecule has 1 amide bonds. The molecule has 3 rings (SSSR count). The largest absolute Gasteiger partial charge is 0.497 e. The van der Waals surface area contributed by atoms with Gasteiger partial charge in [0.15, 0.2) is 0 Å². The van der Waals surface area contributed by atoms with Crippen LogP contribution in [0.2, 0.25) is 0 Å². The van der Waals surface area contributed by atoms with Crippen LogP contribution >= 0.6 is 9.24 Å². The van der Waals surface area contributed by atoms with Crippen LogP contribution in [0.5, 0.6) is 5.75 Å². The number of carbonyl (C=O) groups is 1. The van der Waals surface area contributed by atoms with E-state index in [1.54, 1.807) is 7.11 Å². The van der Waals surface area contributed by atoms with Crippen LogP contribution in [0.15, 0.2) is 41.3 Å². The second-order valence-electron chi connectivity index (χ2n) is 5.90. The summed E-state index contributed by atoms with van der Waals surface area (Å²) < 4.78 is 19.4. The number of carbonyl (C=O) groups excluding carboxylic acids is 1. The first kappa shape index (κ1) is 17.5. The lowest BCUT2D eigenvalue weighted by Crippen LogP contribution is -2.35. The molecule has 3 atom stereocenters. The molecule has 6 nitrogen and oxygen atoms in total. The van der Waals surface area contributed by atoms with Gasteiger partial charge in [-0.25, -0.2) is 9.07 Å². The SMILES string of the molecule is COc1ccc([C@H]2CC(=O)N(c3ccnn(CC(F)P)c3=O)C2)cc1. The van der Waals surface area contributed by atoms with E-state index >= 15 is 0 Å². The van der Waals surface area contributed by atoms with Crippen LogP contribution in [0, 0.1) is 0 Å². The van der Waals surface area contributed by atoms with E-state index in [9.17, 15) is 14.0 Å². The van der Waals surface area contributed by atoms with Gasteiger partial charge in [0.2, 0.25) is 5.91 Å². The third-order valence-corrected chi connectivity index (χ3v) is 4.45. The zero-order valence-corrected chi connectivity index (χ0v) is 14.9. The van der Waals surface area contributed by atoms with Crippen LogP contribution in [0.25, 0.3) is 0 Å². The van der Waals surface area contributed by atoms with Crippen LogP contribution in [0.1, 0.15) is 17.9 Å². The fourth-order valence-corrected chi connectivity index (χ4v) is 3.18. The van der Waals surface area contributed by atoms with Crippen molar-refractivity contribution in [2.75, 3.05) is 18.6 Å². The number of anilines is 1. The maximum atomic E-state index is 13.2. The van der Waals surface area contributed by atoms with Gasteiger partial charge in [-0.15, -0.1) is 0 Å². The summed E-state index contributed by atoms with van der Waals surface area (Å²) in [7, 11) is 3.58. The maximum Gasteiger partial charge on any atom is 0.290 e. The molecule has 2 heterocycles. The van der Waals surface area contributed by atoms with Gasteiger partial charge in [0.1, 0.15) is 17.3 Å². The number of methoxy groups -OCH3 is 1. The molecule has 0 saturated carbocycles. The highest BCUT2D eigenvalue weighted by Gasteiger charge is 2.33. The van der Waals surface area contributed by atoms with Crippen molar-refractivity contribution >= 4 is 20.8 Å². The predicted molar refractivity (Wildman–Crippen MR) is 95.8 cm³/mol. The lowest BCUT2D eigenvalue weighted by molar-refractivity contribution is -0.117. The molecule has 132 valence electrons. The molecule has 0 N–H and O–H groups in total. The standard InChI is InChI=1S/C17H19FN3O3P/c1-24-13-4-2-11(3-5-13)12-8-16(22)20(9-12)14-6-7-19-21(17(14)23)10-15(18)25/h2-7,12,15H,8-10,25H2,1H3/t12-,15?/m0/s1. The summed E-state index contributed by atoms with van der Waals surface area (Å²) in [5.41, 5.74) is 0.790. The van der Waals surface area contributed by atoms with Gasteiger partial charge < -0.3 is 9.64 Å².